The lowest BCUT2D eigenvalue weighted by molar-refractivity contribution is -0.0356. The summed E-state index contributed by atoms with van der Waals surface area (Å²) in [4.78, 5) is 4.48. The van der Waals surface area contributed by atoms with E-state index in [4.69, 9.17) is 15.2 Å². The highest BCUT2D eigenvalue weighted by molar-refractivity contribution is 5.49. The molecule has 2 saturated heterocycles. The summed E-state index contributed by atoms with van der Waals surface area (Å²) in [5, 5.41) is 10.4. The number of methoxy groups -OCH3 is 2. The van der Waals surface area contributed by atoms with E-state index in [1.54, 1.807) is 14.2 Å². The van der Waals surface area contributed by atoms with Gasteiger partial charge in [0.1, 0.15) is 6.23 Å². The lowest BCUT2D eigenvalue weighted by Gasteiger charge is -2.49. The van der Waals surface area contributed by atoms with Crippen molar-refractivity contribution in [1.82, 2.24) is 9.80 Å². The molecular formula is C20H30FN3O3. The summed E-state index contributed by atoms with van der Waals surface area (Å²) in [6, 6.07) is 4.42. The van der Waals surface area contributed by atoms with Crippen LogP contribution in [-0.2, 0) is 6.42 Å². The fourth-order valence-corrected chi connectivity index (χ4v) is 5.11. The molecule has 7 heteroatoms. The van der Waals surface area contributed by atoms with Crippen molar-refractivity contribution in [2.75, 3.05) is 40.5 Å². The Bertz CT molecular complexity index is 689. The molecule has 0 aromatic heterocycles. The Hall–Kier alpha value is -1.41. The molecule has 5 atom stereocenters. The summed E-state index contributed by atoms with van der Waals surface area (Å²) in [5.74, 6) is 1.43. The van der Waals surface area contributed by atoms with Gasteiger partial charge in [-0.2, -0.15) is 0 Å². The first-order valence-corrected chi connectivity index (χ1v) is 9.79. The number of nitrogens with two attached hydrogens (primary N) is 1. The van der Waals surface area contributed by atoms with E-state index in [0.29, 0.717) is 13.0 Å². The van der Waals surface area contributed by atoms with E-state index in [9.17, 15) is 9.50 Å². The average Bonchev–Trinajstić information content (AvgIpc) is 3.06. The number of aliphatic hydroxyl groups is 1. The first-order valence-electron chi connectivity index (χ1n) is 9.79. The van der Waals surface area contributed by atoms with Crippen molar-refractivity contribution in [3.05, 3.63) is 23.3 Å². The van der Waals surface area contributed by atoms with Crippen molar-refractivity contribution in [2.45, 2.75) is 43.6 Å². The molecule has 2 fully saturated rings. The van der Waals surface area contributed by atoms with Crippen LogP contribution in [0.4, 0.5) is 4.39 Å². The number of piperidine rings is 1. The zero-order valence-electron chi connectivity index (χ0n) is 16.1. The summed E-state index contributed by atoms with van der Waals surface area (Å²) in [6.07, 6.45) is 1.68. The van der Waals surface area contributed by atoms with E-state index in [1.165, 1.54) is 11.1 Å². The number of nitrogens with zero attached hydrogens (tertiary/aromatic N) is 2. The second kappa shape index (κ2) is 7.54. The molecule has 3 heterocycles. The molecule has 1 unspecified atom stereocenters. The van der Waals surface area contributed by atoms with Gasteiger partial charge in [-0.15, -0.1) is 0 Å². The fraction of sp³-hybridized carbons (Fsp3) is 0.700. The first-order chi connectivity index (χ1) is 13.0. The van der Waals surface area contributed by atoms with Gasteiger partial charge in [0.05, 0.1) is 20.9 Å². The minimum Gasteiger partial charge on any atom is -0.493 e. The van der Waals surface area contributed by atoms with Crippen LogP contribution in [0.3, 0.4) is 0 Å². The molecule has 0 saturated carbocycles. The predicted molar refractivity (Wildman–Crippen MR) is 101 cm³/mol. The number of benzene rings is 1. The molecule has 0 aliphatic carbocycles. The van der Waals surface area contributed by atoms with Gasteiger partial charge in [-0.3, -0.25) is 14.2 Å². The largest absolute Gasteiger partial charge is 0.493 e. The summed E-state index contributed by atoms with van der Waals surface area (Å²) in [6.45, 7) is 1.97. The Kier molecular flexibility index (Phi) is 5.29. The minimum absolute atomic E-state index is 0.0571. The Balaban J connectivity index is 1.56. The smallest absolute Gasteiger partial charge is 0.161 e. The van der Waals surface area contributed by atoms with Crippen molar-refractivity contribution >= 4 is 0 Å². The SMILES string of the molecule is COc1cc2c(cc1OC)[C@@H]1C[C@H](N)[C@@H](N3C[C@@H](CF)CC3O)CN1CC2. The van der Waals surface area contributed by atoms with Crippen LogP contribution in [-0.4, -0.2) is 73.7 Å². The lowest BCUT2D eigenvalue weighted by Crippen LogP contribution is -2.61. The third kappa shape index (κ3) is 3.31. The fourth-order valence-electron chi connectivity index (χ4n) is 5.11. The Morgan fingerprint density at radius 1 is 1.19 bits per heavy atom. The lowest BCUT2D eigenvalue weighted by atomic mass is 9.83. The van der Waals surface area contributed by atoms with Crippen LogP contribution in [0.25, 0.3) is 0 Å². The van der Waals surface area contributed by atoms with Crippen molar-refractivity contribution in [2.24, 2.45) is 11.7 Å². The summed E-state index contributed by atoms with van der Waals surface area (Å²) in [5.41, 5.74) is 9.12. The van der Waals surface area contributed by atoms with Gasteiger partial charge in [0.25, 0.3) is 0 Å². The molecule has 0 bridgehead atoms. The monoisotopic (exact) mass is 379 g/mol. The number of ether oxygens (including phenoxy) is 2. The number of hydrogen-bond acceptors (Lipinski definition) is 6. The molecule has 1 aromatic rings. The average molecular weight is 379 g/mol. The van der Waals surface area contributed by atoms with Crippen LogP contribution >= 0.6 is 0 Å². The minimum atomic E-state index is -0.584. The third-order valence-electron chi connectivity index (χ3n) is 6.56. The van der Waals surface area contributed by atoms with Crippen molar-refractivity contribution < 1.29 is 19.0 Å². The van der Waals surface area contributed by atoms with Gasteiger partial charge in [0.2, 0.25) is 0 Å². The van der Waals surface area contributed by atoms with Crippen LogP contribution in [0, 0.1) is 5.92 Å². The van der Waals surface area contributed by atoms with E-state index in [0.717, 1.165) is 37.4 Å². The van der Waals surface area contributed by atoms with Crippen LogP contribution < -0.4 is 15.2 Å². The zero-order valence-corrected chi connectivity index (χ0v) is 16.1. The Morgan fingerprint density at radius 2 is 1.93 bits per heavy atom. The van der Waals surface area contributed by atoms with Gasteiger partial charge in [0.15, 0.2) is 11.5 Å². The summed E-state index contributed by atoms with van der Waals surface area (Å²) < 4.78 is 24.0. The summed E-state index contributed by atoms with van der Waals surface area (Å²) >= 11 is 0. The van der Waals surface area contributed by atoms with Crippen molar-refractivity contribution in [1.29, 1.82) is 0 Å². The molecule has 0 spiro atoms. The zero-order chi connectivity index (χ0) is 19.1. The quantitative estimate of drug-likeness (QED) is 0.822. The van der Waals surface area contributed by atoms with E-state index < -0.39 is 6.23 Å². The van der Waals surface area contributed by atoms with Crippen molar-refractivity contribution in [3.63, 3.8) is 0 Å². The number of alkyl halides is 1. The highest BCUT2D eigenvalue weighted by atomic mass is 19.1. The molecule has 0 radical (unpaired) electrons. The number of fused-ring (bicyclic) bond motifs is 3. The van der Waals surface area contributed by atoms with E-state index in [2.05, 4.69) is 17.0 Å². The van der Waals surface area contributed by atoms with Gasteiger partial charge < -0.3 is 20.3 Å². The van der Waals surface area contributed by atoms with Gasteiger partial charge in [0, 0.05) is 43.7 Å². The van der Waals surface area contributed by atoms with Crippen molar-refractivity contribution in [3.8, 4) is 11.5 Å². The van der Waals surface area contributed by atoms with Gasteiger partial charge >= 0.3 is 0 Å². The molecule has 0 amide bonds. The first kappa shape index (κ1) is 18.9. The number of rotatable bonds is 4. The van der Waals surface area contributed by atoms with E-state index >= 15 is 0 Å². The normalized spacial score (nSPS) is 34.2. The highest BCUT2D eigenvalue weighted by Gasteiger charge is 2.44. The molecule has 150 valence electrons. The van der Waals surface area contributed by atoms with Gasteiger partial charge in [-0.1, -0.05) is 0 Å². The second-order valence-corrected chi connectivity index (χ2v) is 8.07. The number of aliphatic hydroxyl groups excluding tert-OH is 1. The topological polar surface area (TPSA) is 71.2 Å². The van der Waals surface area contributed by atoms with Crippen LogP contribution in [0.5, 0.6) is 11.5 Å². The molecule has 6 nitrogen and oxygen atoms in total. The Morgan fingerprint density at radius 3 is 2.59 bits per heavy atom. The molecule has 27 heavy (non-hydrogen) atoms. The van der Waals surface area contributed by atoms with Crippen LogP contribution in [0.1, 0.15) is 30.0 Å². The molecule has 3 N–H and O–H groups in total. The van der Waals surface area contributed by atoms with Crippen LogP contribution in [0.15, 0.2) is 12.1 Å². The maximum atomic E-state index is 13.1. The van der Waals surface area contributed by atoms with E-state index in [1.807, 2.05) is 4.90 Å². The standard InChI is InChI=1S/C20H30FN3O3/c1-26-18-6-13-3-4-23-11-17(24-10-12(9-21)5-20(24)25)15(22)8-16(23)14(13)7-19(18)27-2/h6-7,12,15-17,20,25H,3-5,8-11,22H2,1-2H3/t12-,15+,16+,17+,20?/m1/s1. The van der Waals surface area contributed by atoms with Gasteiger partial charge in [-0.05, 0) is 42.5 Å². The van der Waals surface area contributed by atoms with Crippen LogP contribution in [0.2, 0.25) is 0 Å². The van der Waals surface area contributed by atoms with E-state index in [-0.39, 0.29) is 30.7 Å². The van der Waals surface area contributed by atoms with Gasteiger partial charge in [-0.25, -0.2) is 0 Å². The highest BCUT2D eigenvalue weighted by Crippen LogP contribution is 2.42. The maximum absolute atomic E-state index is 13.1. The molecule has 3 aliphatic rings. The number of hydrogen-bond donors (Lipinski definition) is 2. The molecular weight excluding hydrogens is 349 g/mol. The molecule has 3 aliphatic heterocycles. The predicted octanol–water partition coefficient (Wildman–Crippen LogP) is 1.31. The summed E-state index contributed by atoms with van der Waals surface area (Å²) in [7, 11) is 3.32. The number of halogens is 1. The third-order valence-corrected chi connectivity index (χ3v) is 6.56. The molecule has 4 rings (SSSR count). The Labute approximate surface area is 160 Å². The molecule has 1 aromatic carbocycles. The second-order valence-electron chi connectivity index (χ2n) is 8.07. The maximum Gasteiger partial charge on any atom is 0.161 e. The number of likely N-dealkylation sites (tertiary alicyclic amines) is 1.